The van der Waals surface area contributed by atoms with E-state index in [0.29, 0.717) is 32.2 Å². The summed E-state index contributed by atoms with van der Waals surface area (Å²) in [5, 5.41) is 2.87. The fraction of sp³-hybridized carbons (Fsp3) is 0.864. The number of carbonyl (C=O) groups excluding carboxylic acids is 3. The van der Waals surface area contributed by atoms with Gasteiger partial charge >= 0.3 is 0 Å². The molecule has 0 spiro atoms. The molecule has 1 aliphatic carbocycles. The smallest absolute Gasteiger partial charge is 0.224 e. The van der Waals surface area contributed by atoms with Gasteiger partial charge in [-0.05, 0) is 19.3 Å². The zero-order chi connectivity index (χ0) is 19.2. The third kappa shape index (κ3) is 7.85. The Balaban J connectivity index is 0.00000280. The Morgan fingerprint density at radius 3 is 2.33 bits per heavy atom. The molecule has 1 saturated carbocycles. The predicted octanol–water partition coefficient (Wildman–Crippen LogP) is 2.68. The number of morpholine rings is 1. The molecule has 7 nitrogen and oxygen atoms in total. The molecule has 8 heteroatoms. The average Bonchev–Trinajstić information content (AvgIpc) is 3.01. The molecule has 3 atom stereocenters. The van der Waals surface area contributed by atoms with Gasteiger partial charge in [0.2, 0.25) is 11.8 Å². The van der Waals surface area contributed by atoms with Gasteiger partial charge in [0.25, 0.3) is 0 Å². The number of amides is 2. The van der Waals surface area contributed by atoms with E-state index in [4.69, 9.17) is 9.47 Å². The summed E-state index contributed by atoms with van der Waals surface area (Å²) in [6.45, 7) is 4.12. The molecule has 0 aromatic heterocycles. The molecule has 2 heterocycles. The lowest BCUT2D eigenvalue weighted by molar-refractivity contribution is -0.140. The first-order chi connectivity index (χ1) is 13.0. The van der Waals surface area contributed by atoms with Crippen LogP contribution in [0.3, 0.4) is 0 Å². The number of nitrogens with zero attached hydrogens (tertiary/aromatic N) is 1. The first-order valence-electron chi connectivity index (χ1n) is 10.3. The van der Waals surface area contributed by atoms with Gasteiger partial charge in [0, 0.05) is 25.4 Å². The topological polar surface area (TPSA) is 84.9 Å². The van der Waals surface area contributed by atoms with Crippen LogP contribution < -0.4 is 5.32 Å². The zero-order valence-corrected chi connectivity index (χ0v) is 17.8. The summed E-state index contributed by atoms with van der Waals surface area (Å²) in [5.41, 5.74) is 0. The van der Waals surface area contributed by atoms with Crippen molar-refractivity contribution in [2.24, 2.45) is 11.8 Å². The summed E-state index contributed by atoms with van der Waals surface area (Å²) in [4.78, 5) is 39.4. The lowest BCUT2D eigenvalue weighted by Crippen LogP contribution is -2.48. The number of carbonyl (C=O) groups is 3. The second-order valence-electron chi connectivity index (χ2n) is 8.10. The van der Waals surface area contributed by atoms with Crippen molar-refractivity contribution in [3.8, 4) is 0 Å². The minimum absolute atomic E-state index is 0. The van der Waals surface area contributed by atoms with Gasteiger partial charge in [-0.2, -0.15) is 13.5 Å². The minimum atomic E-state index is -0.593. The van der Waals surface area contributed by atoms with Gasteiger partial charge in [0.05, 0.1) is 19.3 Å². The highest BCUT2D eigenvalue weighted by Gasteiger charge is 2.36. The second kappa shape index (κ2) is 14.0. The second-order valence-corrected chi connectivity index (χ2v) is 8.10. The Bertz CT molecular complexity index is 548. The molecule has 176 valence electrons. The molecule has 2 amide bonds. The van der Waals surface area contributed by atoms with Crippen LogP contribution in [0.4, 0.5) is 0 Å². The summed E-state index contributed by atoms with van der Waals surface area (Å²) < 4.78 is 10.6. The van der Waals surface area contributed by atoms with Crippen molar-refractivity contribution in [3.63, 3.8) is 0 Å². The van der Waals surface area contributed by atoms with E-state index in [-0.39, 0.29) is 71.0 Å². The molecule has 0 aromatic carbocycles. The molecule has 0 bridgehead atoms. The summed E-state index contributed by atoms with van der Waals surface area (Å²) in [6, 6.07) is -0.593. The summed E-state index contributed by atoms with van der Waals surface area (Å²) in [6.07, 6.45) is 6.51. The SMILES string of the molecule is C.C.C[C@@H]1OCC(=O)[C@@H]1NC(=O)[C@@H](CC(=O)N1CCOCC1)CC1CCCCC1.S. The van der Waals surface area contributed by atoms with Crippen LogP contribution in [0.1, 0.15) is 66.7 Å². The molecule has 1 N–H and O–H groups in total. The van der Waals surface area contributed by atoms with Crippen LogP contribution >= 0.6 is 13.5 Å². The monoisotopic (exact) mass is 446 g/mol. The normalized spacial score (nSPS) is 25.4. The highest BCUT2D eigenvalue weighted by atomic mass is 32.1. The fourth-order valence-electron chi connectivity index (χ4n) is 4.39. The third-order valence-corrected chi connectivity index (χ3v) is 6.10. The highest BCUT2D eigenvalue weighted by Crippen LogP contribution is 2.31. The predicted molar refractivity (Wildman–Crippen MR) is 123 cm³/mol. The highest BCUT2D eigenvalue weighted by molar-refractivity contribution is 7.59. The fourth-order valence-corrected chi connectivity index (χ4v) is 4.39. The summed E-state index contributed by atoms with van der Waals surface area (Å²) in [5.74, 6) is -0.162. The number of ketones is 1. The Kier molecular flexibility index (Phi) is 13.5. The van der Waals surface area contributed by atoms with E-state index in [1.54, 1.807) is 11.8 Å². The molecule has 0 unspecified atom stereocenters. The summed E-state index contributed by atoms with van der Waals surface area (Å²) >= 11 is 0. The van der Waals surface area contributed by atoms with Gasteiger partial charge in [-0.25, -0.2) is 0 Å². The molecule has 2 saturated heterocycles. The number of hydrogen-bond acceptors (Lipinski definition) is 5. The largest absolute Gasteiger partial charge is 0.378 e. The van der Waals surface area contributed by atoms with E-state index < -0.39 is 6.04 Å². The molecule has 2 aliphatic heterocycles. The van der Waals surface area contributed by atoms with Crippen LogP contribution in [0.25, 0.3) is 0 Å². The third-order valence-electron chi connectivity index (χ3n) is 6.10. The van der Waals surface area contributed by atoms with Gasteiger partial charge < -0.3 is 19.7 Å². The van der Waals surface area contributed by atoms with Gasteiger partial charge in [-0.3, -0.25) is 14.4 Å². The van der Waals surface area contributed by atoms with Crippen LogP contribution in [0.15, 0.2) is 0 Å². The number of ether oxygens (including phenoxy) is 2. The van der Waals surface area contributed by atoms with E-state index in [1.165, 1.54) is 19.3 Å². The Hall–Kier alpha value is -1.12. The van der Waals surface area contributed by atoms with Crippen molar-refractivity contribution in [1.29, 1.82) is 0 Å². The molecule has 30 heavy (non-hydrogen) atoms. The van der Waals surface area contributed by atoms with Gasteiger partial charge in [0.15, 0.2) is 5.78 Å². The molecule has 0 aromatic rings. The Labute approximate surface area is 189 Å². The molecule has 0 radical (unpaired) electrons. The van der Waals surface area contributed by atoms with E-state index >= 15 is 0 Å². The van der Waals surface area contributed by atoms with Crippen molar-refractivity contribution in [2.45, 2.75) is 78.9 Å². The number of Topliss-reactive ketones (excluding diaryl/α,β-unsaturated/α-hetero) is 1. The van der Waals surface area contributed by atoms with Gasteiger partial charge in [-0.15, -0.1) is 0 Å². The lowest BCUT2D eigenvalue weighted by Gasteiger charge is -2.30. The number of nitrogens with one attached hydrogen (secondary N) is 1. The molecule has 3 rings (SSSR count). The standard InChI is InChI=1S/C20H32N2O5.2CH4.H2S/c1-14-19(17(23)13-27-14)21-20(25)16(11-15-5-3-2-4-6-15)12-18(24)22-7-9-26-10-8-22;;;/h14-16,19H,2-13H2,1H3,(H,21,25);2*1H4;1H2/t14-,16+,19+;;;/m0.../s1. The zero-order valence-electron chi connectivity index (χ0n) is 16.8. The van der Waals surface area contributed by atoms with Crippen molar-refractivity contribution in [1.82, 2.24) is 10.2 Å². The van der Waals surface area contributed by atoms with E-state index in [9.17, 15) is 14.4 Å². The summed E-state index contributed by atoms with van der Waals surface area (Å²) in [7, 11) is 0. The van der Waals surface area contributed by atoms with E-state index in [0.717, 1.165) is 19.3 Å². The maximum absolute atomic E-state index is 13.0. The quantitative estimate of drug-likeness (QED) is 0.678. The van der Waals surface area contributed by atoms with Gasteiger partial charge in [0.1, 0.15) is 12.6 Å². The lowest BCUT2D eigenvalue weighted by atomic mass is 9.81. The molecular weight excluding hydrogens is 404 g/mol. The maximum atomic E-state index is 13.0. The van der Waals surface area contributed by atoms with Crippen molar-refractivity contribution in [2.75, 3.05) is 32.9 Å². The van der Waals surface area contributed by atoms with Crippen molar-refractivity contribution >= 4 is 31.1 Å². The minimum Gasteiger partial charge on any atom is -0.378 e. The molecule has 3 fully saturated rings. The van der Waals surface area contributed by atoms with Crippen LogP contribution in [-0.2, 0) is 23.9 Å². The van der Waals surface area contributed by atoms with Crippen LogP contribution in [0, 0.1) is 11.8 Å². The first-order valence-corrected chi connectivity index (χ1v) is 10.3. The number of rotatable bonds is 6. The maximum Gasteiger partial charge on any atom is 0.224 e. The first kappa shape index (κ1) is 28.9. The van der Waals surface area contributed by atoms with Crippen LogP contribution in [-0.4, -0.2) is 67.6 Å². The van der Waals surface area contributed by atoms with E-state index in [1.807, 2.05) is 0 Å². The molecular formula is C22H42N2O5S. The van der Waals surface area contributed by atoms with Crippen LogP contribution in [0.2, 0.25) is 0 Å². The van der Waals surface area contributed by atoms with Crippen molar-refractivity contribution in [3.05, 3.63) is 0 Å². The number of hydrogen-bond donors (Lipinski definition) is 1. The van der Waals surface area contributed by atoms with Crippen molar-refractivity contribution < 1.29 is 23.9 Å². The van der Waals surface area contributed by atoms with Crippen LogP contribution in [0.5, 0.6) is 0 Å². The van der Waals surface area contributed by atoms with Gasteiger partial charge in [-0.1, -0.05) is 47.0 Å². The average molecular weight is 447 g/mol. The van der Waals surface area contributed by atoms with E-state index in [2.05, 4.69) is 5.32 Å². The molecule has 3 aliphatic rings. The Morgan fingerprint density at radius 1 is 1.13 bits per heavy atom. The Morgan fingerprint density at radius 2 is 1.77 bits per heavy atom.